The highest BCUT2D eigenvalue weighted by Gasteiger charge is 2.43. The van der Waals surface area contributed by atoms with Gasteiger partial charge in [0.2, 0.25) is 0 Å². The second kappa shape index (κ2) is 2.83. The lowest BCUT2D eigenvalue weighted by Gasteiger charge is -2.30. The fraction of sp³-hybridized carbons (Fsp3) is 0.545. The van der Waals surface area contributed by atoms with Gasteiger partial charge in [-0.1, -0.05) is 5.16 Å². The minimum Gasteiger partial charge on any atom is -0.384 e. The van der Waals surface area contributed by atoms with Gasteiger partial charge in [0.15, 0.2) is 5.60 Å². The van der Waals surface area contributed by atoms with Crippen LogP contribution in [0.1, 0.15) is 36.6 Å². The van der Waals surface area contributed by atoms with Crippen molar-refractivity contribution in [3.05, 3.63) is 21.9 Å². The molecule has 0 radical (unpaired) electrons. The predicted octanol–water partition coefficient (Wildman–Crippen LogP) is 3.08. The second-order valence-electron chi connectivity index (χ2n) is 4.20. The van der Waals surface area contributed by atoms with Crippen LogP contribution in [0.2, 0.25) is 0 Å². The van der Waals surface area contributed by atoms with Gasteiger partial charge >= 0.3 is 0 Å². The number of aryl methyl sites for hydroxylation is 1. The number of rotatable bonds is 0. The van der Waals surface area contributed by atoms with Crippen molar-refractivity contribution in [3.8, 4) is 0 Å². The Labute approximate surface area is 87.6 Å². The Morgan fingerprint density at radius 1 is 1.57 bits per heavy atom. The molecule has 14 heavy (non-hydrogen) atoms. The first kappa shape index (κ1) is 8.48. The summed E-state index contributed by atoms with van der Waals surface area (Å²) < 4.78 is 0. The smallest absolute Gasteiger partial charge is 0.169 e. The number of oxime groups is 1. The van der Waals surface area contributed by atoms with E-state index < -0.39 is 0 Å². The molecule has 1 aromatic heterocycles. The largest absolute Gasteiger partial charge is 0.384 e. The maximum atomic E-state index is 5.67. The summed E-state index contributed by atoms with van der Waals surface area (Å²) in [6.45, 7) is 2.05. The summed E-state index contributed by atoms with van der Waals surface area (Å²) in [5.74, 6) is 0. The van der Waals surface area contributed by atoms with E-state index in [1.807, 2.05) is 11.3 Å². The molecule has 1 aliphatic carbocycles. The molecule has 2 aliphatic rings. The van der Waals surface area contributed by atoms with Gasteiger partial charge in [0.25, 0.3) is 0 Å². The van der Waals surface area contributed by atoms with E-state index in [0.717, 1.165) is 18.6 Å². The molecule has 0 saturated heterocycles. The summed E-state index contributed by atoms with van der Waals surface area (Å²) in [7, 11) is 0. The Bertz CT molecular complexity index is 396. The molecule has 1 spiro atoms. The highest BCUT2D eigenvalue weighted by atomic mass is 32.1. The molecule has 1 aromatic rings. The van der Waals surface area contributed by atoms with Crippen LogP contribution in [-0.4, -0.2) is 5.71 Å². The lowest BCUT2D eigenvalue weighted by atomic mass is 9.80. The Kier molecular flexibility index (Phi) is 1.71. The zero-order valence-corrected chi connectivity index (χ0v) is 9.06. The first-order valence-electron chi connectivity index (χ1n) is 5.09. The zero-order chi connectivity index (χ0) is 9.60. The molecular weight excluding hydrogens is 194 g/mol. The van der Waals surface area contributed by atoms with Crippen LogP contribution in [0.4, 0.5) is 0 Å². The van der Waals surface area contributed by atoms with Crippen LogP contribution in [0.25, 0.3) is 0 Å². The third-order valence-electron chi connectivity index (χ3n) is 3.14. The normalized spacial score (nSPS) is 29.9. The van der Waals surface area contributed by atoms with Crippen molar-refractivity contribution in [3.63, 3.8) is 0 Å². The van der Waals surface area contributed by atoms with Crippen molar-refractivity contribution >= 4 is 17.0 Å². The molecule has 2 nitrogen and oxygen atoms in total. The molecule has 1 atom stereocenters. The number of hydrogen-bond donors (Lipinski definition) is 0. The Balaban J connectivity index is 2.05. The lowest BCUT2D eigenvalue weighted by molar-refractivity contribution is -0.0356. The van der Waals surface area contributed by atoms with Crippen LogP contribution in [0.5, 0.6) is 0 Å². The highest BCUT2D eigenvalue weighted by Crippen LogP contribution is 2.45. The van der Waals surface area contributed by atoms with E-state index in [1.165, 1.54) is 23.3 Å². The van der Waals surface area contributed by atoms with Crippen LogP contribution in [0, 0.1) is 0 Å². The number of hydrogen-bond acceptors (Lipinski definition) is 3. The van der Waals surface area contributed by atoms with E-state index in [9.17, 15) is 0 Å². The van der Waals surface area contributed by atoms with Crippen LogP contribution >= 0.6 is 11.3 Å². The van der Waals surface area contributed by atoms with E-state index in [-0.39, 0.29) is 5.60 Å². The summed E-state index contributed by atoms with van der Waals surface area (Å²) in [6.07, 6.45) is 4.56. The van der Waals surface area contributed by atoms with Gasteiger partial charge in [-0.2, -0.15) is 0 Å². The maximum Gasteiger partial charge on any atom is 0.169 e. The summed E-state index contributed by atoms with van der Waals surface area (Å²) >= 11 is 1.86. The van der Waals surface area contributed by atoms with Crippen molar-refractivity contribution in [2.75, 3.05) is 0 Å². The van der Waals surface area contributed by atoms with Crippen LogP contribution < -0.4 is 0 Å². The quantitative estimate of drug-likeness (QED) is 0.640. The SMILES string of the molecule is CC1=NOC2(CCCc3sccc32)C1. The van der Waals surface area contributed by atoms with Crippen molar-refractivity contribution in [1.82, 2.24) is 0 Å². The van der Waals surface area contributed by atoms with Gasteiger partial charge < -0.3 is 4.84 Å². The van der Waals surface area contributed by atoms with Crippen molar-refractivity contribution < 1.29 is 4.84 Å². The van der Waals surface area contributed by atoms with Gasteiger partial charge in [-0.25, -0.2) is 0 Å². The molecule has 74 valence electrons. The Morgan fingerprint density at radius 3 is 3.29 bits per heavy atom. The summed E-state index contributed by atoms with van der Waals surface area (Å²) in [6, 6.07) is 2.22. The molecule has 3 heteroatoms. The van der Waals surface area contributed by atoms with Crippen molar-refractivity contribution in [2.24, 2.45) is 5.16 Å². The van der Waals surface area contributed by atoms with E-state index in [4.69, 9.17) is 4.84 Å². The third-order valence-corrected chi connectivity index (χ3v) is 4.12. The molecule has 0 fully saturated rings. The molecule has 0 bridgehead atoms. The van der Waals surface area contributed by atoms with Crippen LogP contribution in [0.15, 0.2) is 16.6 Å². The summed E-state index contributed by atoms with van der Waals surface area (Å²) in [4.78, 5) is 7.17. The fourth-order valence-electron chi connectivity index (χ4n) is 2.53. The monoisotopic (exact) mass is 207 g/mol. The van der Waals surface area contributed by atoms with Gasteiger partial charge in [-0.3, -0.25) is 0 Å². The minimum absolute atomic E-state index is 0.0856. The van der Waals surface area contributed by atoms with Crippen molar-refractivity contribution in [2.45, 2.75) is 38.2 Å². The van der Waals surface area contributed by atoms with Gasteiger partial charge in [-0.05, 0) is 37.6 Å². The maximum absolute atomic E-state index is 5.67. The second-order valence-corrected chi connectivity index (χ2v) is 5.20. The predicted molar refractivity (Wildman–Crippen MR) is 57.7 cm³/mol. The summed E-state index contributed by atoms with van der Waals surface area (Å²) in [5, 5.41) is 6.29. The molecule has 0 amide bonds. The van der Waals surface area contributed by atoms with E-state index >= 15 is 0 Å². The van der Waals surface area contributed by atoms with Gasteiger partial charge in [0.05, 0.1) is 5.71 Å². The average Bonchev–Trinajstić information content (AvgIpc) is 2.75. The molecule has 0 aromatic carbocycles. The lowest BCUT2D eigenvalue weighted by Crippen LogP contribution is -2.29. The standard InChI is InChI=1S/C11H13NOS/c1-8-7-11(13-12-8)5-2-3-10-9(11)4-6-14-10/h4,6H,2-3,5,7H2,1H3. The molecule has 3 rings (SSSR count). The third kappa shape index (κ3) is 1.05. The number of nitrogens with zero attached hydrogens (tertiary/aromatic N) is 1. The van der Waals surface area contributed by atoms with Gasteiger partial charge in [0, 0.05) is 16.9 Å². The average molecular weight is 207 g/mol. The van der Waals surface area contributed by atoms with E-state index in [0.29, 0.717) is 0 Å². The Hall–Kier alpha value is -0.830. The molecule has 1 unspecified atom stereocenters. The van der Waals surface area contributed by atoms with Crippen LogP contribution in [0.3, 0.4) is 0 Å². The van der Waals surface area contributed by atoms with Crippen molar-refractivity contribution in [1.29, 1.82) is 0 Å². The molecular formula is C11H13NOS. The molecule has 0 saturated carbocycles. The topological polar surface area (TPSA) is 21.6 Å². The summed E-state index contributed by atoms with van der Waals surface area (Å²) in [5.41, 5.74) is 2.44. The highest BCUT2D eigenvalue weighted by molar-refractivity contribution is 7.10. The molecule has 1 aliphatic heterocycles. The fourth-order valence-corrected chi connectivity index (χ4v) is 3.54. The first-order chi connectivity index (χ1) is 6.80. The minimum atomic E-state index is -0.0856. The van der Waals surface area contributed by atoms with Gasteiger partial charge in [0.1, 0.15) is 0 Å². The van der Waals surface area contributed by atoms with Gasteiger partial charge in [-0.15, -0.1) is 11.3 Å². The van der Waals surface area contributed by atoms with E-state index in [1.54, 1.807) is 0 Å². The first-order valence-corrected chi connectivity index (χ1v) is 5.97. The Morgan fingerprint density at radius 2 is 2.50 bits per heavy atom. The number of thiophene rings is 1. The zero-order valence-electron chi connectivity index (χ0n) is 8.25. The molecule has 2 heterocycles. The number of fused-ring (bicyclic) bond motifs is 2. The van der Waals surface area contributed by atoms with Crippen LogP contribution in [-0.2, 0) is 16.9 Å². The molecule has 0 N–H and O–H groups in total. The van der Waals surface area contributed by atoms with E-state index in [2.05, 4.69) is 23.5 Å².